The second-order valence-corrected chi connectivity index (χ2v) is 7.89. The third-order valence-electron chi connectivity index (χ3n) is 5.69. The van der Waals surface area contributed by atoms with Gasteiger partial charge in [0.1, 0.15) is 5.69 Å². The Kier molecular flexibility index (Phi) is 5.94. The Labute approximate surface area is 171 Å². The lowest BCUT2D eigenvalue weighted by molar-refractivity contribution is 0.101. The third kappa shape index (κ3) is 4.85. The molecule has 0 radical (unpaired) electrons. The average molecular weight is 396 g/mol. The fraction of sp³-hybridized carbons (Fsp3) is 0.500. The summed E-state index contributed by atoms with van der Waals surface area (Å²) in [4.78, 5) is 29.4. The molecule has 2 aliphatic rings. The standard InChI is InChI=1S/C22H29N5O2/c1-2-3-12-27-21(28)11-10-20(24-27)22(29)23-17-4-6-18(7-5-17)25-13-15-26(16-14-25)19-8-9-19/h4-7,10-11,19H,2-3,8-9,12-16H2,1H3,(H,23,29). The van der Waals surface area contributed by atoms with Crippen LogP contribution in [0.3, 0.4) is 0 Å². The Morgan fingerprint density at radius 2 is 1.79 bits per heavy atom. The number of unbranched alkanes of at least 4 members (excludes halogenated alkanes) is 1. The van der Waals surface area contributed by atoms with Crippen LogP contribution >= 0.6 is 0 Å². The van der Waals surface area contributed by atoms with Crippen LogP contribution in [0.4, 0.5) is 11.4 Å². The number of hydrogen-bond acceptors (Lipinski definition) is 5. The summed E-state index contributed by atoms with van der Waals surface area (Å²) in [6.07, 6.45) is 4.54. The molecule has 1 saturated heterocycles. The van der Waals surface area contributed by atoms with Crippen LogP contribution in [0, 0.1) is 0 Å². The Morgan fingerprint density at radius 3 is 2.45 bits per heavy atom. The van der Waals surface area contributed by atoms with Crippen molar-refractivity contribution in [1.29, 1.82) is 0 Å². The summed E-state index contributed by atoms with van der Waals surface area (Å²) in [5, 5.41) is 7.08. The largest absolute Gasteiger partial charge is 0.369 e. The number of anilines is 2. The molecule has 1 saturated carbocycles. The SMILES string of the molecule is CCCCn1nc(C(=O)Nc2ccc(N3CCN(C4CC4)CC3)cc2)ccc1=O. The van der Waals surface area contributed by atoms with Gasteiger partial charge in [0.05, 0.1) is 0 Å². The topological polar surface area (TPSA) is 70.5 Å². The first kappa shape index (κ1) is 19.6. The fourth-order valence-corrected chi connectivity index (χ4v) is 3.77. The Balaban J connectivity index is 1.36. The van der Waals surface area contributed by atoms with Gasteiger partial charge >= 0.3 is 0 Å². The number of carbonyl (C=O) groups is 1. The zero-order valence-electron chi connectivity index (χ0n) is 17.0. The van der Waals surface area contributed by atoms with Crippen molar-refractivity contribution in [2.24, 2.45) is 0 Å². The number of benzene rings is 1. The maximum Gasteiger partial charge on any atom is 0.276 e. The van der Waals surface area contributed by atoms with E-state index in [1.54, 1.807) is 0 Å². The van der Waals surface area contributed by atoms with Crippen molar-refractivity contribution in [3.8, 4) is 0 Å². The molecule has 4 rings (SSSR count). The molecular weight excluding hydrogens is 366 g/mol. The molecule has 2 heterocycles. The van der Waals surface area contributed by atoms with Gasteiger partial charge in [-0.1, -0.05) is 13.3 Å². The van der Waals surface area contributed by atoms with Crippen LogP contribution in [0.5, 0.6) is 0 Å². The van der Waals surface area contributed by atoms with Crippen LogP contribution in [0.2, 0.25) is 0 Å². The van der Waals surface area contributed by atoms with Crippen LogP contribution in [-0.4, -0.2) is 52.8 Å². The summed E-state index contributed by atoms with van der Waals surface area (Å²) in [7, 11) is 0. The molecule has 1 aliphatic heterocycles. The lowest BCUT2D eigenvalue weighted by Crippen LogP contribution is -2.47. The number of nitrogens with one attached hydrogen (secondary N) is 1. The minimum Gasteiger partial charge on any atom is -0.369 e. The molecule has 1 N–H and O–H groups in total. The summed E-state index contributed by atoms with van der Waals surface area (Å²) in [6, 6.07) is 11.7. The first-order valence-corrected chi connectivity index (χ1v) is 10.6. The molecule has 0 spiro atoms. The number of amides is 1. The van der Waals surface area contributed by atoms with Crippen molar-refractivity contribution < 1.29 is 4.79 Å². The molecule has 0 atom stereocenters. The molecule has 1 amide bonds. The molecule has 7 nitrogen and oxygen atoms in total. The van der Waals surface area contributed by atoms with Crippen molar-refractivity contribution in [1.82, 2.24) is 14.7 Å². The Bertz CT molecular complexity index is 896. The summed E-state index contributed by atoms with van der Waals surface area (Å²) in [5.74, 6) is -0.305. The first-order chi connectivity index (χ1) is 14.1. The van der Waals surface area contributed by atoms with Crippen molar-refractivity contribution in [2.45, 2.75) is 45.2 Å². The van der Waals surface area contributed by atoms with E-state index in [4.69, 9.17) is 0 Å². The Hall–Kier alpha value is -2.67. The van der Waals surface area contributed by atoms with Crippen LogP contribution in [0.1, 0.15) is 43.1 Å². The van der Waals surface area contributed by atoms with Gasteiger partial charge in [0.15, 0.2) is 0 Å². The van der Waals surface area contributed by atoms with Crippen LogP contribution in [0.15, 0.2) is 41.2 Å². The predicted octanol–water partition coefficient (Wildman–Crippen LogP) is 2.58. The molecule has 29 heavy (non-hydrogen) atoms. The molecule has 1 aromatic carbocycles. The second-order valence-electron chi connectivity index (χ2n) is 7.89. The normalized spacial score (nSPS) is 17.3. The van der Waals surface area contributed by atoms with Crippen molar-refractivity contribution >= 4 is 17.3 Å². The number of aromatic nitrogens is 2. The molecule has 154 valence electrons. The number of nitrogens with zero attached hydrogens (tertiary/aromatic N) is 4. The van der Waals surface area contributed by atoms with E-state index in [0.29, 0.717) is 6.54 Å². The maximum absolute atomic E-state index is 12.5. The number of carbonyl (C=O) groups excluding carboxylic acids is 1. The predicted molar refractivity (Wildman–Crippen MR) is 115 cm³/mol. The van der Waals surface area contributed by atoms with Crippen LogP contribution in [-0.2, 0) is 6.54 Å². The Morgan fingerprint density at radius 1 is 1.07 bits per heavy atom. The van der Waals surface area contributed by atoms with Gasteiger partial charge < -0.3 is 10.2 Å². The van der Waals surface area contributed by atoms with Gasteiger partial charge in [0.2, 0.25) is 0 Å². The molecule has 1 aliphatic carbocycles. The van der Waals surface area contributed by atoms with E-state index in [2.05, 4.69) is 39.3 Å². The van der Waals surface area contributed by atoms with E-state index in [-0.39, 0.29) is 17.2 Å². The molecule has 2 aromatic rings. The smallest absolute Gasteiger partial charge is 0.276 e. The van der Waals surface area contributed by atoms with Gasteiger partial charge in [-0.05, 0) is 49.6 Å². The van der Waals surface area contributed by atoms with E-state index in [1.807, 2.05) is 12.1 Å². The average Bonchev–Trinajstić information content (AvgIpc) is 3.59. The molecule has 0 unspecified atom stereocenters. The second kappa shape index (κ2) is 8.78. The minimum atomic E-state index is -0.305. The van der Waals surface area contributed by atoms with Gasteiger partial charge in [-0.25, -0.2) is 4.68 Å². The van der Waals surface area contributed by atoms with E-state index < -0.39 is 0 Å². The van der Waals surface area contributed by atoms with Gasteiger partial charge in [0.25, 0.3) is 11.5 Å². The molecular formula is C22H29N5O2. The highest BCUT2D eigenvalue weighted by Crippen LogP contribution is 2.28. The zero-order chi connectivity index (χ0) is 20.2. The summed E-state index contributed by atoms with van der Waals surface area (Å²) < 4.78 is 1.36. The third-order valence-corrected chi connectivity index (χ3v) is 5.69. The molecule has 7 heteroatoms. The number of hydrogen-bond donors (Lipinski definition) is 1. The molecule has 2 fully saturated rings. The lowest BCUT2D eigenvalue weighted by Gasteiger charge is -2.36. The fourth-order valence-electron chi connectivity index (χ4n) is 3.77. The molecule has 0 bridgehead atoms. The maximum atomic E-state index is 12.5. The van der Waals surface area contributed by atoms with Gasteiger partial charge in [0, 0.05) is 56.2 Å². The number of aryl methyl sites for hydroxylation is 1. The van der Waals surface area contributed by atoms with Crippen molar-refractivity contribution in [2.75, 3.05) is 36.4 Å². The van der Waals surface area contributed by atoms with E-state index in [0.717, 1.165) is 50.7 Å². The minimum absolute atomic E-state index is 0.180. The van der Waals surface area contributed by atoms with Crippen molar-refractivity contribution in [3.63, 3.8) is 0 Å². The highest BCUT2D eigenvalue weighted by atomic mass is 16.2. The van der Waals surface area contributed by atoms with Gasteiger partial charge in [-0.3, -0.25) is 14.5 Å². The lowest BCUT2D eigenvalue weighted by atomic mass is 10.2. The number of rotatable bonds is 7. The highest BCUT2D eigenvalue weighted by Gasteiger charge is 2.31. The van der Waals surface area contributed by atoms with Crippen LogP contribution < -0.4 is 15.8 Å². The summed E-state index contributed by atoms with van der Waals surface area (Å²) >= 11 is 0. The quantitative estimate of drug-likeness (QED) is 0.780. The van der Waals surface area contributed by atoms with Gasteiger partial charge in [-0.2, -0.15) is 5.10 Å². The van der Waals surface area contributed by atoms with Crippen LogP contribution in [0.25, 0.3) is 0 Å². The molecule has 1 aromatic heterocycles. The van der Waals surface area contributed by atoms with E-state index >= 15 is 0 Å². The zero-order valence-corrected chi connectivity index (χ0v) is 17.0. The summed E-state index contributed by atoms with van der Waals surface area (Å²) in [5.41, 5.74) is 1.98. The van der Waals surface area contributed by atoms with Crippen molar-refractivity contribution in [3.05, 3.63) is 52.4 Å². The van der Waals surface area contributed by atoms with E-state index in [1.165, 1.54) is 35.3 Å². The van der Waals surface area contributed by atoms with E-state index in [9.17, 15) is 9.59 Å². The summed E-state index contributed by atoms with van der Waals surface area (Å²) in [6.45, 7) is 6.93. The highest BCUT2D eigenvalue weighted by molar-refractivity contribution is 6.02. The van der Waals surface area contributed by atoms with Gasteiger partial charge in [-0.15, -0.1) is 0 Å². The first-order valence-electron chi connectivity index (χ1n) is 10.6. The number of piperazine rings is 1. The monoisotopic (exact) mass is 395 g/mol.